The number of aliphatic hydroxyl groups excluding tert-OH is 2. The number of ether oxygens (including phenoxy) is 3. The summed E-state index contributed by atoms with van der Waals surface area (Å²) in [5.74, 6) is 0. The van der Waals surface area contributed by atoms with E-state index in [1.165, 1.54) is 13.3 Å². The van der Waals surface area contributed by atoms with Crippen molar-refractivity contribution in [3.05, 3.63) is 32.6 Å². The molecule has 0 radical (unpaired) electrons. The molecule has 1 saturated heterocycles. The van der Waals surface area contributed by atoms with Crippen molar-refractivity contribution in [3.8, 4) is 0 Å². The summed E-state index contributed by atoms with van der Waals surface area (Å²) in [7, 11) is 1.54. The lowest BCUT2D eigenvalue weighted by Gasteiger charge is -2.28. The number of hydrogen-bond donors (Lipinski definition) is 3. The fraction of sp³-hybridized carbons (Fsp3) is 0.733. The molecule has 0 bridgehead atoms. The van der Waals surface area contributed by atoms with Crippen LogP contribution in [0.1, 0.15) is 25.6 Å². The molecule has 0 aliphatic carbocycles. The van der Waals surface area contributed by atoms with Crippen LogP contribution in [-0.2, 0) is 14.2 Å². The first-order valence-electron chi connectivity index (χ1n) is 7.74. The molecule has 1 aliphatic heterocycles. The highest BCUT2D eigenvalue weighted by molar-refractivity contribution is 5.03. The molecule has 1 aromatic rings. The van der Waals surface area contributed by atoms with Gasteiger partial charge in [-0.3, -0.25) is 14.3 Å². The van der Waals surface area contributed by atoms with Gasteiger partial charge in [0.1, 0.15) is 18.3 Å². The number of H-pyrrole nitrogens is 1. The molecular weight excluding hydrogens is 320 g/mol. The van der Waals surface area contributed by atoms with Gasteiger partial charge in [0.2, 0.25) is 0 Å². The minimum absolute atomic E-state index is 0.250. The molecule has 24 heavy (non-hydrogen) atoms. The fourth-order valence-electron chi connectivity index (χ4n) is 2.57. The lowest BCUT2D eigenvalue weighted by atomic mass is 10.1. The molecule has 1 aromatic heterocycles. The molecule has 0 amide bonds. The van der Waals surface area contributed by atoms with Crippen molar-refractivity contribution in [2.45, 2.75) is 57.5 Å². The van der Waals surface area contributed by atoms with Crippen LogP contribution in [0.5, 0.6) is 0 Å². The Morgan fingerprint density at radius 3 is 2.62 bits per heavy atom. The highest BCUT2D eigenvalue weighted by atomic mass is 16.6. The lowest BCUT2D eigenvalue weighted by molar-refractivity contribution is -0.130. The highest BCUT2D eigenvalue weighted by Crippen LogP contribution is 2.32. The molecule has 2 unspecified atom stereocenters. The molecule has 0 aromatic carbocycles. The molecule has 0 saturated carbocycles. The second-order valence-electron chi connectivity index (χ2n) is 5.96. The van der Waals surface area contributed by atoms with Gasteiger partial charge < -0.3 is 24.4 Å². The van der Waals surface area contributed by atoms with E-state index in [-0.39, 0.29) is 6.10 Å². The number of aryl methyl sites for hydroxylation is 1. The van der Waals surface area contributed by atoms with Gasteiger partial charge in [-0.05, 0) is 20.8 Å². The van der Waals surface area contributed by atoms with Gasteiger partial charge in [-0.1, -0.05) is 0 Å². The van der Waals surface area contributed by atoms with Crippen LogP contribution in [-0.4, -0.2) is 64.0 Å². The Kier molecular flexibility index (Phi) is 5.94. The standard InChI is InChI=1S/C15H24N2O7/c1-7-5-17(15(21)16-13(7)20)14-12(11(19)10(6-18)24-14)23-9(3)8(2)22-4/h5,8-12,14,18-19H,6H2,1-4H3,(H,16,20,21)/t8-,9+,10+,11?,12?,14+/m0/s1. The first-order chi connectivity index (χ1) is 11.3. The quantitative estimate of drug-likeness (QED) is 0.599. The van der Waals surface area contributed by atoms with Crippen molar-refractivity contribution in [2.75, 3.05) is 13.7 Å². The number of methoxy groups -OCH3 is 1. The maximum Gasteiger partial charge on any atom is 0.330 e. The number of nitrogens with zero attached hydrogens (tertiary/aromatic N) is 1. The summed E-state index contributed by atoms with van der Waals surface area (Å²) in [6.45, 7) is 4.70. The van der Waals surface area contributed by atoms with Gasteiger partial charge in [-0.15, -0.1) is 0 Å². The van der Waals surface area contributed by atoms with Crippen LogP contribution in [0.3, 0.4) is 0 Å². The number of nitrogens with one attached hydrogen (secondary N) is 1. The zero-order chi connectivity index (χ0) is 18.0. The zero-order valence-corrected chi connectivity index (χ0v) is 14.1. The van der Waals surface area contributed by atoms with E-state index < -0.39 is 48.5 Å². The predicted molar refractivity (Wildman–Crippen MR) is 83.9 cm³/mol. The van der Waals surface area contributed by atoms with Crippen LogP contribution >= 0.6 is 0 Å². The molecule has 0 spiro atoms. The van der Waals surface area contributed by atoms with Crippen LogP contribution in [0.25, 0.3) is 0 Å². The molecule has 3 N–H and O–H groups in total. The topological polar surface area (TPSA) is 123 Å². The van der Waals surface area contributed by atoms with Gasteiger partial charge in [0, 0.05) is 18.9 Å². The third-order valence-electron chi connectivity index (χ3n) is 4.32. The summed E-state index contributed by atoms with van der Waals surface area (Å²) in [5.41, 5.74) is -0.855. The Balaban J connectivity index is 2.36. The third-order valence-corrected chi connectivity index (χ3v) is 4.32. The minimum Gasteiger partial charge on any atom is -0.394 e. The molecule has 6 atom stereocenters. The van der Waals surface area contributed by atoms with E-state index in [0.717, 1.165) is 4.57 Å². The smallest absolute Gasteiger partial charge is 0.330 e. The summed E-state index contributed by atoms with van der Waals surface area (Å²) >= 11 is 0. The van der Waals surface area contributed by atoms with Crippen LogP contribution in [0.15, 0.2) is 15.8 Å². The van der Waals surface area contributed by atoms with Crippen LogP contribution < -0.4 is 11.2 Å². The third kappa shape index (κ3) is 3.60. The Labute approximate surface area is 138 Å². The van der Waals surface area contributed by atoms with Crippen LogP contribution in [0.2, 0.25) is 0 Å². The monoisotopic (exact) mass is 344 g/mol. The Morgan fingerprint density at radius 2 is 2.04 bits per heavy atom. The lowest BCUT2D eigenvalue weighted by Crippen LogP contribution is -2.43. The van der Waals surface area contributed by atoms with E-state index in [1.807, 2.05) is 6.92 Å². The number of hydrogen-bond acceptors (Lipinski definition) is 7. The number of rotatable bonds is 6. The highest BCUT2D eigenvalue weighted by Gasteiger charge is 2.46. The van der Waals surface area contributed by atoms with Gasteiger partial charge in [-0.25, -0.2) is 4.79 Å². The maximum absolute atomic E-state index is 12.1. The molecule has 9 heteroatoms. The second kappa shape index (κ2) is 7.58. The predicted octanol–water partition coefficient (Wildman–Crippen LogP) is -1.10. The molecule has 1 aliphatic rings. The first kappa shape index (κ1) is 18.8. The van der Waals surface area contributed by atoms with Crippen molar-refractivity contribution in [2.24, 2.45) is 0 Å². The first-order valence-corrected chi connectivity index (χ1v) is 7.74. The van der Waals surface area contributed by atoms with Gasteiger partial charge in [-0.2, -0.15) is 0 Å². The molecule has 2 rings (SSSR count). The summed E-state index contributed by atoms with van der Waals surface area (Å²) in [6.07, 6.45) is -3.21. The molecule has 9 nitrogen and oxygen atoms in total. The molecular formula is C15H24N2O7. The van der Waals surface area contributed by atoms with E-state index in [4.69, 9.17) is 14.2 Å². The van der Waals surface area contributed by atoms with E-state index in [2.05, 4.69) is 4.98 Å². The van der Waals surface area contributed by atoms with Gasteiger partial charge in [0.15, 0.2) is 6.23 Å². The summed E-state index contributed by atoms with van der Waals surface area (Å²) in [4.78, 5) is 25.8. The van der Waals surface area contributed by atoms with E-state index in [9.17, 15) is 19.8 Å². The molecule has 2 heterocycles. The van der Waals surface area contributed by atoms with Gasteiger partial charge in [0.25, 0.3) is 5.56 Å². The fourth-order valence-corrected chi connectivity index (χ4v) is 2.57. The zero-order valence-electron chi connectivity index (χ0n) is 14.1. The van der Waals surface area contributed by atoms with Crippen molar-refractivity contribution < 1.29 is 24.4 Å². The largest absolute Gasteiger partial charge is 0.394 e. The SMILES string of the molecule is CO[C@@H](C)[C@@H](C)OC1C(O)[C@@H](CO)O[C@H]1n1cc(C)c(=O)[nH]c1=O. The van der Waals surface area contributed by atoms with Crippen molar-refractivity contribution in [1.82, 2.24) is 9.55 Å². The van der Waals surface area contributed by atoms with Crippen LogP contribution in [0.4, 0.5) is 0 Å². The summed E-state index contributed by atoms with van der Waals surface area (Å²) in [5, 5.41) is 19.7. The van der Waals surface area contributed by atoms with E-state index in [1.54, 1.807) is 13.8 Å². The summed E-state index contributed by atoms with van der Waals surface area (Å²) < 4.78 is 17.8. The second-order valence-corrected chi connectivity index (χ2v) is 5.96. The van der Waals surface area contributed by atoms with E-state index in [0.29, 0.717) is 5.56 Å². The van der Waals surface area contributed by atoms with E-state index >= 15 is 0 Å². The van der Waals surface area contributed by atoms with Gasteiger partial charge >= 0.3 is 5.69 Å². The normalized spacial score (nSPS) is 29.6. The van der Waals surface area contributed by atoms with Crippen molar-refractivity contribution in [1.29, 1.82) is 0 Å². The Morgan fingerprint density at radius 1 is 1.38 bits per heavy atom. The Hall–Kier alpha value is -1.52. The van der Waals surface area contributed by atoms with Crippen molar-refractivity contribution >= 4 is 0 Å². The number of aliphatic hydroxyl groups is 2. The van der Waals surface area contributed by atoms with Crippen LogP contribution in [0, 0.1) is 6.92 Å². The average molecular weight is 344 g/mol. The molecule has 1 fully saturated rings. The minimum atomic E-state index is -1.13. The number of aromatic nitrogens is 2. The maximum atomic E-state index is 12.1. The average Bonchev–Trinajstić information content (AvgIpc) is 2.86. The van der Waals surface area contributed by atoms with Gasteiger partial charge in [0.05, 0.1) is 18.8 Å². The molecule has 136 valence electrons. The Bertz CT molecular complexity index is 671. The van der Waals surface area contributed by atoms with Crippen molar-refractivity contribution in [3.63, 3.8) is 0 Å². The summed E-state index contributed by atoms with van der Waals surface area (Å²) in [6, 6.07) is 0. The number of aromatic amines is 1.